The molecule has 0 aliphatic carbocycles. The fraction of sp³-hybridized carbons (Fsp3) is 0.625. The van der Waals surface area contributed by atoms with E-state index in [-0.39, 0.29) is 0 Å². The molecule has 2 nitrogen and oxygen atoms in total. The number of likely N-dealkylation sites (N-methyl/N-ethyl adjacent to an activating group) is 1. The summed E-state index contributed by atoms with van der Waals surface area (Å²) in [6.45, 7) is 5.84. The van der Waals surface area contributed by atoms with Crippen molar-refractivity contribution in [2.45, 2.75) is 44.6 Å². The van der Waals surface area contributed by atoms with Crippen LogP contribution in [0.15, 0.2) is 24.3 Å². The first-order valence-electron chi connectivity index (χ1n) is 6.99. The second-order valence-corrected chi connectivity index (χ2v) is 5.54. The molecule has 0 radical (unpaired) electrons. The number of hydrogen-bond donors (Lipinski definition) is 0. The van der Waals surface area contributed by atoms with E-state index in [4.69, 9.17) is 4.74 Å². The van der Waals surface area contributed by atoms with Crippen LogP contribution in [0.4, 0.5) is 0 Å². The van der Waals surface area contributed by atoms with Crippen LogP contribution < -0.4 is 4.74 Å². The van der Waals surface area contributed by atoms with Crippen LogP contribution in [-0.4, -0.2) is 31.6 Å². The molecule has 0 amide bonds. The smallest absolute Gasteiger partial charge is 0.119 e. The highest BCUT2D eigenvalue weighted by Crippen LogP contribution is 2.43. The van der Waals surface area contributed by atoms with Crippen molar-refractivity contribution in [3.8, 4) is 5.75 Å². The minimum atomic E-state index is 0.304. The van der Waals surface area contributed by atoms with Crippen LogP contribution >= 0.6 is 0 Å². The normalized spacial score (nSPS) is 28.6. The zero-order chi connectivity index (χ0) is 13.2. The van der Waals surface area contributed by atoms with Gasteiger partial charge in [-0.3, -0.25) is 0 Å². The molecule has 1 aliphatic rings. The van der Waals surface area contributed by atoms with Crippen molar-refractivity contribution in [1.29, 1.82) is 0 Å². The molecule has 0 spiro atoms. The van der Waals surface area contributed by atoms with Gasteiger partial charge in [-0.15, -0.1) is 0 Å². The first-order valence-corrected chi connectivity index (χ1v) is 6.99. The van der Waals surface area contributed by atoms with Gasteiger partial charge in [-0.05, 0) is 51.1 Å². The van der Waals surface area contributed by atoms with Crippen LogP contribution in [-0.2, 0) is 5.41 Å². The summed E-state index contributed by atoms with van der Waals surface area (Å²) in [4.78, 5) is 2.48. The molecule has 2 heteroatoms. The third-order valence-corrected chi connectivity index (χ3v) is 4.71. The average Bonchev–Trinajstić information content (AvgIpc) is 2.69. The number of likely N-dealkylation sites (tertiary alicyclic amines) is 1. The van der Waals surface area contributed by atoms with E-state index in [0.717, 1.165) is 5.75 Å². The molecule has 1 heterocycles. The Morgan fingerprint density at radius 1 is 1.44 bits per heavy atom. The maximum absolute atomic E-state index is 5.39. The molecule has 100 valence electrons. The van der Waals surface area contributed by atoms with E-state index < -0.39 is 0 Å². The monoisotopic (exact) mass is 247 g/mol. The summed E-state index contributed by atoms with van der Waals surface area (Å²) in [7, 11) is 3.98. The molecule has 2 unspecified atom stereocenters. The molecule has 1 aliphatic heterocycles. The Kier molecular flexibility index (Phi) is 3.96. The summed E-state index contributed by atoms with van der Waals surface area (Å²) in [5.74, 6) is 0.977. The average molecular weight is 247 g/mol. The first-order chi connectivity index (χ1) is 8.64. The molecular weight excluding hydrogens is 222 g/mol. The van der Waals surface area contributed by atoms with Crippen LogP contribution in [0.3, 0.4) is 0 Å². The maximum Gasteiger partial charge on any atom is 0.119 e. The third-order valence-electron chi connectivity index (χ3n) is 4.71. The van der Waals surface area contributed by atoms with E-state index in [1.807, 2.05) is 6.07 Å². The molecule has 2 atom stereocenters. The summed E-state index contributed by atoms with van der Waals surface area (Å²) in [6, 6.07) is 9.26. The molecule has 2 rings (SSSR count). The van der Waals surface area contributed by atoms with E-state index >= 15 is 0 Å². The van der Waals surface area contributed by atoms with Crippen molar-refractivity contribution in [1.82, 2.24) is 4.90 Å². The highest BCUT2D eigenvalue weighted by Gasteiger charge is 2.43. The minimum Gasteiger partial charge on any atom is -0.497 e. The van der Waals surface area contributed by atoms with Crippen molar-refractivity contribution >= 4 is 0 Å². The van der Waals surface area contributed by atoms with Crippen LogP contribution in [0.25, 0.3) is 0 Å². The molecular formula is C16H25NO. The van der Waals surface area contributed by atoms with Gasteiger partial charge in [0.05, 0.1) is 7.11 Å². The molecule has 0 N–H and O–H groups in total. The van der Waals surface area contributed by atoms with Gasteiger partial charge in [0, 0.05) is 11.5 Å². The van der Waals surface area contributed by atoms with Crippen LogP contribution in [0.5, 0.6) is 5.75 Å². The third kappa shape index (κ3) is 2.14. The molecule has 1 saturated heterocycles. The Hall–Kier alpha value is -1.02. The fourth-order valence-electron chi connectivity index (χ4n) is 3.44. The van der Waals surface area contributed by atoms with Crippen LogP contribution in [0.1, 0.15) is 38.7 Å². The quantitative estimate of drug-likeness (QED) is 0.808. The van der Waals surface area contributed by atoms with Crippen LogP contribution in [0.2, 0.25) is 0 Å². The number of methoxy groups -OCH3 is 1. The largest absolute Gasteiger partial charge is 0.497 e. The predicted octanol–water partition coefficient (Wildman–Crippen LogP) is 3.46. The van der Waals surface area contributed by atoms with Gasteiger partial charge in [-0.25, -0.2) is 0 Å². The molecule has 18 heavy (non-hydrogen) atoms. The number of benzene rings is 1. The van der Waals surface area contributed by atoms with E-state index in [1.165, 1.54) is 31.4 Å². The Bertz CT molecular complexity index is 400. The summed E-state index contributed by atoms with van der Waals surface area (Å²) < 4.78 is 5.39. The van der Waals surface area contributed by atoms with Gasteiger partial charge >= 0.3 is 0 Å². The number of rotatable bonds is 4. The first kappa shape index (κ1) is 13.4. The van der Waals surface area contributed by atoms with E-state index in [2.05, 4.69) is 44.0 Å². The van der Waals surface area contributed by atoms with Gasteiger partial charge in [-0.2, -0.15) is 0 Å². The summed E-state index contributed by atoms with van der Waals surface area (Å²) in [5.41, 5.74) is 1.75. The lowest BCUT2D eigenvalue weighted by Gasteiger charge is -2.36. The molecule has 1 fully saturated rings. The van der Waals surface area contributed by atoms with Crippen molar-refractivity contribution in [3.63, 3.8) is 0 Å². The molecule has 0 aromatic heterocycles. The van der Waals surface area contributed by atoms with Crippen molar-refractivity contribution in [2.24, 2.45) is 0 Å². The summed E-state index contributed by atoms with van der Waals surface area (Å²) in [5, 5.41) is 0. The second-order valence-electron chi connectivity index (χ2n) is 5.54. The molecule has 1 aromatic carbocycles. The summed E-state index contributed by atoms with van der Waals surface area (Å²) in [6.07, 6.45) is 3.74. The summed E-state index contributed by atoms with van der Waals surface area (Å²) >= 11 is 0. The minimum absolute atomic E-state index is 0.304. The Labute approximate surface area is 111 Å². The fourth-order valence-corrected chi connectivity index (χ4v) is 3.44. The highest BCUT2D eigenvalue weighted by atomic mass is 16.5. The molecule has 0 bridgehead atoms. The SMILES string of the molecule is CCCC1(c2cccc(OC)c2)CCN(C)C1C. The Morgan fingerprint density at radius 2 is 2.22 bits per heavy atom. The van der Waals surface area contributed by atoms with E-state index in [1.54, 1.807) is 7.11 Å². The molecule has 1 aromatic rings. The van der Waals surface area contributed by atoms with Gasteiger partial charge in [0.25, 0.3) is 0 Å². The topological polar surface area (TPSA) is 12.5 Å². The van der Waals surface area contributed by atoms with Crippen LogP contribution in [0, 0.1) is 0 Å². The van der Waals surface area contributed by atoms with Crippen molar-refractivity contribution in [2.75, 3.05) is 20.7 Å². The standard InChI is InChI=1S/C16H25NO/c1-5-9-16(10-11-17(3)13(16)2)14-7-6-8-15(12-14)18-4/h6-8,12-13H,5,9-11H2,1-4H3. The molecule has 0 saturated carbocycles. The second kappa shape index (κ2) is 5.31. The van der Waals surface area contributed by atoms with Gasteiger partial charge in [0.15, 0.2) is 0 Å². The van der Waals surface area contributed by atoms with Gasteiger partial charge < -0.3 is 9.64 Å². The lowest BCUT2D eigenvalue weighted by molar-refractivity contribution is 0.249. The zero-order valence-electron chi connectivity index (χ0n) is 12.1. The zero-order valence-corrected chi connectivity index (χ0v) is 12.1. The Balaban J connectivity index is 2.40. The van der Waals surface area contributed by atoms with E-state index in [9.17, 15) is 0 Å². The van der Waals surface area contributed by atoms with Gasteiger partial charge in [-0.1, -0.05) is 25.5 Å². The number of hydrogen-bond acceptors (Lipinski definition) is 2. The number of ether oxygens (including phenoxy) is 1. The van der Waals surface area contributed by atoms with Crippen molar-refractivity contribution < 1.29 is 4.74 Å². The van der Waals surface area contributed by atoms with Crippen molar-refractivity contribution in [3.05, 3.63) is 29.8 Å². The maximum atomic E-state index is 5.39. The van der Waals surface area contributed by atoms with Gasteiger partial charge in [0.1, 0.15) is 5.75 Å². The lowest BCUT2D eigenvalue weighted by Crippen LogP contribution is -2.38. The highest BCUT2D eigenvalue weighted by molar-refractivity contribution is 5.36. The van der Waals surface area contributed by atoms with E-state index in [0.29, 0.717) is 11.5 Å². The van der Waals surface area contributed by atoms with Gasteiger partial charge in [0.2, 0.25) is 0 Å². The number of nitrogens with zero attached hydrogens (tertiary/aromatic N) is 1. The predicted molar refractivity (Wildman–Crippen MR) is 76.3 cm³/mol. The lowest BCUT2D eigenvalue weighted by atomic mass is 9.71. The Morgan fingerprint density at radius 3 is 2.78 bits per heavy atom.